The topological polar surface area (TPSA) is 76.9 Å². The number of nitrogens with one attached hydrogen (secondary N) is 1. The Labute approximate surface area is 152 Å². The number of hydrogen-bond acceptors (Lipinski definition) is 5. The van der Waals surface area contributed by atoms with E-state index in [4.69, 9.17) is 0 Å². The summed E-state index contributed by atoms with van der Waals surface area (Å²) in [6.07, 6.45) is 0.982. The van der Waals surface area contributed by atoms with E-state index >= 15 is 0 Å². The van der Waals surface area contributed by atoms with Crippen molar-refractivity contribution in [3.63, 3.8) is 0 Å². The third-order valence-corrected chi connectivity index (χ3v) is 4.56. The molecule has 0 atom stereocenters. The van der Waals surface area contributed by atoms with Crippen molar-refractivity contribution < 1.29 is 9.59 Å². The van der Waals surface area contributed by atoms with Gasteiger partial charge in [0, 0.05) is 23.7 Å². The first-order valence-electron chi connectivity index (χ1n) is 8.39. The Hall–Kier alpha value is -2.15. The second-order valence-electron chi connectivity index (χ2n) is 6.12. The highest BCUT2D eigenvalue weighted by atomic mass is 32.2. The molecule has 0 spiro atoms. The van der Waals surface area contributed by atoms with Crippen LogP contribution >= 0.6 is 11.8 Å². The Bertz CT molecular complexity index is 755. The number of ketones is 1. The van der Waals surface area contributed by atoms with Gasteiger partial charge < -0.3 is 9.88 Å². The molecule has 0 aliphatic heterocycles. The van der Waals surface area contributed by atoms with Gasteiger partial charge in [-0.2, -0.15) is 0 Å². The Morgan fingerprint density at radius 3 is 2.68 bits per heavy atom. The van der Waals surface area contributed by atoms with E-state index in [1.165, 1.54) is 18.7 Å². The van der Waals surface area contributed by atoms with E-state index < -0.39 is 0 Å². The van der Waals surface area contributed by atoms with E-state index in [1.54, 1.807) is 24.3 Å². The van der Waals surface area contributed by atoms with Crippen molar-refractivity contribution in [2.75, 3.05) is 11.1 Å². The van der Waals surface area contributed by atoms with E-state index in [0.717, 1.165) is 23.9 Å². The molecular formula is C18H24N4O2S. The van der Waals surface area contributed by atoms with Gasteiger partial charge in [0.25, 0.3) is 0 Å². The lowest BCUT2D eigenvalue weighted by Gasteiger charge is -2.10. The largest absolute Gasteiger partial charge is 0.325 e. The number of aromatic nitrogens is 3. The molecule has 2 rings (SSSR count). The molecule has 1 heterocycles. The number of benzene rings is 1. The fourth-order valence-corrected chi connectivity index (χ4v) is 3.18. The maximum Gasteiger partial charge on any atom is 0.234 e. The first kappa shape index (κ1) is 19.2. The van der Waals surface area contributed by atoms with Crippen LogP contribution in [0.2, 0.25) is 0 Å². The minimum absolute atomic E-state index is 0.0284. The van der Waals surface area contributed by atoms with Crippen LogP contribution in [0.4, 0.5) is 5.69 Å². The zero-order valence-corrected chi connectivity index (χ0v) is 15.9. The van der Waals surface area contributed by atoms with E-state index in [9.17, 15) is 9.59 Å². The molecule has 0 saturated heterocycles. The number of Topliss-reactive ketones (excluding diaryl/α,β-unsaturated/α-hetero) is 1. The molecule has 0 radical (unpaired) electrons. The van der Waals surface area contributed by atoms with Crippen molar-refractivity contribution in [1.29, 1.82) is 0 Å². The molecule has 7 heteroatoms. The number of amides is 1. The highest BCUT2D eigenvalue weighted by Crippen LogP contribution is 2.22. The van der Waals surface area contributed by atoms with Crippen LogP contribution in [0.15, 0.2) is 29.4 Å². The summed E-state index contributed by atoms with van der Waals surface area (Å²) in [7, 11) is 0. The predicted molar refractivity (Wildman–Crippen MR) is 100 cm³/mol. The second kappa shape index (κ2) is 8.80. The van der Waals surface area contributed by atoms with Crippen molar-refractivity contribution in [2.45, 2.75) is 51.7 Å². The first-order valence-corrected chi connectivity index (χ1v) is 9.37. The highest BCUT2D eigenvalue weighted by Gasteiger charge is 2.16. The number of anilines is 1. The third kappa shape index (κ3) is 5.16. The van der Waals surface area contributed by atoms with Gasteiger partial charge in [0.15, 0.2) is 10.9 Å². The van der Waals surface area contributed by atoms with Crippen molar-refractivity contribution in [3.05, 3.63) is 35.7 Å². The molecule has 0 fully saturated rings. The molecule has 134 valence electrons. The van der Waals surface area contributed by atoms with Gasteiger partial charge in [0.05, 0.1) is 5.75 Å². The van der Waals surface area contributed by atoms with Gasteiger partial charge in [-0.05, 0) is 25.5 Å². The molecule has 0 bridgehead atoms. The van der Waals surface area contributed by atoms with Gasteiger partial charge in [-0.3, -0.25) is 9.59 Å². The number of rotatable bonds is 8. The summed E-state index contributed by atoms with van der Waals surface area (Å²) in [6.45, 7) is 8.61. The van der Waals surface area contributed by atoms with Crippen LogP contribution in [0.25, 0.3) is 0 Å². The summed E-state index contributed by atoms with van der Waals surface area (Å²) in [5, 5.41) is 12.1. The maximum absolute atomic E-state index is 12.2. The van der Waals surface area contributed by atoms with Crippen LogP contribution in [0.3, 0.4) is 0 Å². The van der Waals surface area contributed by atoms with E-state index in [-0.39, 0.29) is 23.4 Å². The molecule has 2 aromatic rings. The third-order valence-electron chi connectivity index (χ3n) is 3.59. The Morgan fingerprint density at radius 1 is 1.28 bits per heavy atom. The van der Waals surface area contributed by atoms with Crippen molar-refractivity contribution in [2.24, 2.45) is 0 Å². The molecule has 0 unspecified atom stereocenters. The number of carbonyl (C=O) groups is 2. The average Bonchev–Trinajstić information content (AvgIpc) is 2.96. The number of hydrogen-bond donors (Lipinski definition) is 1. The lowest BCUT2D eigenvalue weighted by molar-refractivity contribution is -0.113. The summed E-state index contributed by atoms with van der Waals surface area (Å²) < 4.78 is 2.08. The predicted octanol–water partition coefficient (Wildman–Crippen LogP) is 3.74. The van der Waals surface area contributed by atoms with Crippen LogP contribution in [-0.2, 0) is 11.3 Å². The van der Waals surface area contributed by atoms with Gasteiger partial charge >= 0.3 is 0 Å². The normalized spacial score (nSPS) is 10.9. The van der Waals surface area contributed by atoms with Crippen molar-refractivity contribution >= 4 is 29.1 Å². The molecule has 1 aromatic carbocycles. The summed E-state index contributed by atoms with van der Waals surface area (Å²) in [6, 6.07) is 6.94. The molecular weight excluding hydrogens is 336 g/mol. The van der Waals surface area contributed by atoms with Gasteiger partial charge in [0.2, 0.25) is 5.91 Å². The first-order chi connectivity index (χ1) is 11.9. The van der Waals surface area contributed by atoms with Gasteiger partial charge in [-0.1, -0.05) is 44.7 Å². The molecule has 0 aliphatic rings. The minimum Gasteiger partial charge on any atom is -0.325 e. The Morgan fingerprint density at radius 2 is 2.04 bits per heavy atom. The van der Waals surface area contributed by atoms with Crippen molar-refractivity contribution in [1.82, 2.24) is 14.8 Å². The summed E-state index contributed by atoms with van der Waals surface area (Å²) in [5.74, 6) is 1.31. The SMILES string of the molecule is CCCn1c(SCC(=O)Nc2cccc(C(C)=O)c2)nnc1C(C)C. The summed E-state index contributed by atoms with van der Waals surface area (Å²) >= 11 is 1.37. The smallest absolute Gasteiger partial charge is 0.234 e. The average molecular weight is 360 g/mol. The zero-order valence-electron chi connectivity index (χ0n) is 15.1. The summed E-state index contributed by atoms with van der Waals surface area (Å²) in [4.78, 5) is 23.6. The Balaban J connectivity index is 2.00. The van der Waals surface area contributed by atoms with Gasteiger partial charge in [-0.15, -0.1) is 10.2 Å². The molecule has 1 amide bonds. The van der Waals surface area contributed by atoms with E-state index in [2.05, 4.69) is 40.9 Å². The standard InChI is InChI=1S/C18H24N4O2S/c1-5-9-22-17(12(2)3)20-21-18(22)25-11-16(24)19-15-8-6-7-14(10-15)13(4)23/h6-8,10,12H,5,9,11H2,1-4H3,(H,19,24). The highest BCUT2D eigenvalue weighted by molar-refractivity contribution is 7.99. The molecule has 0 saturated carbocycles. The number of carbonyl (C=O) groups excluding carboxylic acids is 2. The fourth-order valence-electron chi connectivity index (χ4n) is 2.41. The molecule has 6 nitrogen and oxygen atoms in total. The van der Waals surface area contributed by atoms with E-state index in [1.807, 2.05) is 0 Å². The van der Waals surface area contributed by atoms with Gasteiger partial charge in [0.1, 0.15) is 5.82 Å². The van der Waals surface area contributed by atoms with Crippen LogP contribution in [0, 0.1) is 0 Å². The van der Waals surface area contributed by atoms with Crippen LogP contribution in [-0.4, -0.2) is 32.2 Å². The summed E-state index contributed by atoms with van der Waals surface area (Å²) in [5.41, 5.74) is 1.20. The van der Waals surface area contributed by atoms with Crippen LogP contribution in [0.1, 0.15) is 56.2 Å². The van der Waals surface area contributed by atoms with Crippen LogP contribution in [0.5, 0.6) is 0 Å². The zero-order chi connectivity index (χ0) is 18.4. The Kier molecular flexibility index (Phi) is 6.75. The molecule has 25 heavy (non-hydrogen) atoms. The van der Waals surface area contributed by atoms with Gasteiger partial charge in [-0.25, -0.2) is 0 Å². The number of nitrogens with zero attached hydrogens (tertiary/aromatic N) is 3. The second-order valence-corrected chi connectivity index (χ2v) is 7.06. The maximum atomic E-state index is 12.2. The quantitative estimate of drug-likeness (QED) is 0.573. The molecule has 0 aliphatic carbocycles. The lowest BCUT2D eigenvalue weighted by Crippen LogP contribution is -2.15. The lowest BCUT2D eigenvalue weighted by atomic mass is 10.1. The van der Waals surface area contributed by atoms with Crippen molar-refractivity contribution in [3.8, 4) is 0 Å². The fraction of sp³-hybridized carbons (Fsp3) is 0.444. The molecule has 1 N–H and O–H groups in total. The molecule has 1 aromatic heterocycles. The monoisotopic (exact) mass is 360 g/mol. The van der Waals surface area contributed by atoms with E-state index in [0.29, 0.717) is 11.3 Å². The van der Waals surface area contributed by atoms with Crippen LogP contribution < -0.4 is 5.32 Å². The minimum atomic E-state index is -0.136. The number of thioether (sulfide) groups is 1.